The molecule has 1 amide bonds. The number of hydrogen-bond acceptors (Lipinski definition) is 3. The predicted molar refractivity (Wildman–Crippen MR) is 106 cm³/mol. The Morgan fingerprint density at radius 1 is 1.22 bits per heavy atom. The summed E-state index contributed by atoms with van der Waals surface area (Å²) in [6, 6.07) is 6.02. The maximum atomic E-state index is 13.6. The lowest BCUT2D eigenvalue weighted by Crippen LogP contribution is -2.43. The number of ether oxygens (including phenoxy) is 2. The van der Waals surface area contributed by atoms with Crippen molar-refractivity contribution in [2.45, 2.75) is 45.4 Å². The summed E-state index contributed by atoms with van der Waals surface area (Å²) in [6.07, 6.45) is 4.08. The Labute approximate surface area is 162 Å². The van der Waals surface area contributed by atoms with E-state index >= 15 is 0 Å². The lowest BCUT2D eigenvalue weighted by Gasteiger charge is -2.39. The molecule has 4 heteroatoms. The van der Waals surface area contributed by atoms with Gasteiger partial charge in [0, 0.05) is 24.6 Å². The monoisotopic (exact) mass is 369 g/mol. The van der Waals surface area contributed by atoms with Gasteiger partial charge in [-0.2, -0.15) is 0 Å². The molecule has 146 valence electrons. The maximum absolute atomic E-state index is 13.6. The van der Waals surface area contributed by atoms with Gasteiger partial charge in [0.05, 0.1) is 19.6 Å². The minimum Gasteiger partial charge on any atom is -0.493 e. The zero-order valence-corrected chi connectivity index (χ0v) is 17.0. The fourth-order valence-electron chi connectivity index (χ4n) is 5.86. The summed E-state index contributed by atoms with van der Waals surface area (Å²) in [7, 11) is 3.34. The Kier molecular flexibility index (Phi) is 4.28. The van der Waals surface area contributed by atoms with Gasteiger partial charge in [0.15, 0.2) is 11.5 Å². The quantitative estimate of drug-likeness (QED) is 0.738. The van der Waals surface area contributed by atoms with Gasteiger partial charge in [-0.15, -0.1) is 0 Å². The normalized spacial score (nSPS) is 31.4. The summed E-state index contributed by atoms with van der Waals surface area (Å²) >= 11 is 0. The van der Waals surface area contributed by atoms with Crippen LogP contribution in [0.1, 0.15) is 51.0 Å². The van der Waals surface area contributed by atoms with Crippen molar-refractivity contribution < 1.29 is 14.3 Å². The average Bonchev–Trinajstić information content (AvgIpc) is 3.37. The van der Waals surface area contributed by atoms with Crippen molar-refractivity contribution in [1.29, 1.82) is 0 Å². The number of para-hydroxylation sites is 1. The lowest BCUT2D eigenvalue weighted by molar-refractivity contribution is -0.138. The van der Waals surface area contributed by atoms with Crippen molar-refractivity contribution >= 4 is 5.91 Å². The van der Waals surface area contributed by atoms with Crippen LogP contribution in [0, 0.1) is 16.7 Å². The Hall–Kier alpha value is -1.97. The van der Waals surface area contributed by atoms with E-state index in [0.717, 1.165) is 55.8 Å². The molecule has 0 radical (unpaired) electrons. The highest BCUT2D eigenvalue weighted by molar-refractivity contribution is 5.88. The Morgan fingerprint density at radius 3 is 2.63 bits per heavy atom. The van der Waals surface area contributed by atoms with Crippen LogP contribution in [-0.4, -0.2) is 38.1 Å². The van der Waals surface area contributed by atoms with E-state index in [2.05, 4.69) is 31.4 Å². The van der Waals surface area contributed by atoms with Gasteiger partial charge in [0.1, 0.15) is 0 Å². The molecule has 3 atom stereocenters. The molecule has 1 saturated heterocycles. The molecule has 0 spiro atoms. The molecule has 1 aromatic rings. The second-order valence-corrected chi connectivity index (χ2v) is 9.04. The molecular weight excluding hydrogens is 338 g/mol. The van der Waals surface area contributed by atoms with Crippen molar-refractivity contribution in [3.05, 3.63) is 35.9 Å². The number of methoxy groups -OCH3 is 2. The predicted octanol–water partition coefficient (Wildman–Crippen LogP) is 4.40. The zero-order chi connectivity index (χ0) is 19.4. The summed E-state index contributed by atoms with van der Waals surface area (Å²) in [6.45, 7) is 10.5. The third-order valence-electron chi connectivity index (χ3n) is 7.65. The van der Waals surface area contributed by atoms with Crippen LogP contribution in [-0.2, 0) is 4.79 Å². The highest BCUT2D eigenvalue weighted by Gasteiger charge is 2.62. The topological polar surface area (TPSA) is 38.8 Å². The van der Waals surface area contributed by atoms with Crippen LogP contribution in [0.4, 0.5) is 0 Å². The van der Waals surface area contributed by atoms with Crippen molar-refractivity contribution in [1.82, 2.24) is 4.90 Å². The van der Waals surface area contributed by atoms with Gasteiger partial charge in [-0.05, 0) is 43.1 Å². The first-order valence-corrected chi connectivity index (χ1v) is 10.0. The molecule has 27 heavy (non-hydrogen) atoms. The number of nitrogens with zero attached hydrogens (tertiary/aromatic N) is 1. The van der Waals surface area contributed by atoms with Crippen LogP contribution < -0.4 is 9.47 Å². The molecule has 2 saturated carbocycles. The van der Waals surface area contributed by atoms with Crippen molar-refractivity contribution in [2.24, 2.45) is 16.7 Å². The van der Waals surface area contributed by atoms with E-state index in [4.69, 9.17) is 9.47 Å². The second kappa shape index (κ2) is 6.29. The summed E-state index contributed by atoms with van der Waals surface area (Å²) in [4.78, 5) is 15.7. The number of likely N-dealkylation sites (tertiary alicyclic amines) is 1. The highest BCUT2D eigenvalue weighted by Crippen LogP contribution is 2.66. The number of hydrogen-bond donors (Lipinski definition) is 0. The van der Waals surface area contributed by atoms with Crippen LogP contribution in [0.2, 0.25) is 0 Å². The number of rotatable bonds is 4. The molecule has 4 rings (SSSR count). The fraction of sp³-hybridized carbons (Fsp3) is 0.609. The van der Waals surface area contributed by atoms with E-state index in [0.29, 0.717) is 11.8 Å². The third-order valence-corrected chi connectivity index (χ3v) is 7.65. The molecule has 3 fully saturated rings. The van der Waals surface area contributed by atoms with Gasteiger partial charge < -0.3 is 14.4 Å². The second-order valence-electron chi connectivity index (χ2n) is 9.04. The number of carbonyl (C=O) groups is 1. The van der Waals surface area contributed by atoms with Gasteiger partial charge in [-0.25, -0.2) is 0 Å². The minimum absolute atomic E-state index is 0.0864. The van der Waals surface area contributed by atoms with Gasteiger partial charge in [0.25, 0.3) is 0 Å². The standard InChI is InChI=1S/C23H31NO3/c1-15-22(2,3)17-9-11-23(15,13-17)21(25)24-12-10-16(14-24)18-7-6-8-19(26-4)20(18)27-5/h6-8,16-17H,1,9-14H2,2-5H3/t16-,17+,23-/m0/s1. The average molecular weight is 370 g/mol. The van der Waals surface area contributed by atoms with Crippen LogP contribution in [0.15, 0.2) is 30.4 Å². The summed E-state index contributed by atoms with van der Waals surface area (Å²) in [5, 5.41) is 0. The Morgan fingerprint density at radius 2 is 2.00 bits per heavy atom. The van der Waals surface area contributed by atoms with E-state index in [9.17, 15) is 4.79 Å². The van der Waals surface area contributed by atoms with Crippen LogP contribution in [0.5, 0.6) is 11.5 Å². The molecule has 4 nitrogen and oxygen atoms in total. The molecule has 3 aliphatic rings. The minimum atomic E-state index is -0.318. The van der Waals surface area contributed by atoms with E-state index in [1.54, 1.807) is 14.2 Å². The molecular formula is C23H31NO3. The summed E-state index contributed by atoms with van der Waals surface area (Å²) in [5.74, 6) is 2.75. The van der Waals surface area contributed by atoms with Crippen LogP contribution in [0.3, 0.4) is 0 Å². The van der Waals surface area contributed by atoms with Gasteiger partial charge in [0.2, 0.25) is 5.91 Å². The van der Waals surface area contributed by atoms with Gasteiger partial charge in [-0.1, -0.05) is 38.1 Å². The summed E-state index contributed by atoms with van der Waals surface area (Å²) < 4.78 is 11.1. The number of carbonyl (C=O) groups excluding carboxylic acids is 1. The molecule has 2 aliphatic carbocycles. The zero-order valence-electron chi connectivity index (χ0n) is 17.0. The summed E-state index contributed by atoms with van der Waals surface area (Å²) in [5.41, 5.74) is 2.07. The molecule has 1 aliphatic heterocycles. The SMILES string of the molecule is C=C1C(C)(C)[C@@H]2CC[C@]1(C(=O)N1CC[C@H](c3cccc(OC)c3OC)C1)C2. The first kappa shape index (κ1) is 18.4. The van der Waals surface area contributed by atoms with Crippen molar-refractivity contribution in [3.8, 4) is 11.5 Å². The molecule has 1 aromatic carbocycles. The molecule has 0 aromatic heterocycles. The molecule has 2 bridgehead atoms. The first-order valence-electron chi connectivity index (χ1n) is 10.0. The first-order chi connectivity index (χ1) is 12.8. The maximum Gasteiger partial charge on any atom is 0.232 e. The number of fused-ring (bicyclic) bond motifs is 2. The highest BCUT2D eigenvalue weighted by atomic mass is 16.5. The Bertz CT molecular complexity index is 784. The van der Waals surface area contributed by atoms with Crippen molar-refractivity contribution in [3.63, 3.8) is 0 Å². The lowest BCUT2D eigenvalue weighted by atomic mass is 9.68. The molecule has 0 N–H and O–H groups in total. The van der Waals surface area contributed by atoms with E-state index < -0.39 is 0 Å². The Balaban J connectivity index is 1.56. The van der Waals surface area contributed by atoms with Gasteiger partial charge >= 0.3 is 0 Å². The smallest absolute Gasteiger partial charge is 0.232 e. The van der Waals surface area contributed by atoms with Crippen LogP contribution in [0.25, 0.3) is 0 Å². The van der Waals surface area contributed by atoms with Gasteiger partial charge in [-0.3, -0.25) is 4.79 Å². The third kappa shape index (κ3) is 2.52. The van der Waals surface area contributed by atoms with Crippen molar-refractivity contribution in [2.75, 3.05) is 27.3 Å². The van der Waals surface area contributed by atoms with Crippen LogP contribution >= 0.6 is 0 Å². The van der Waals surface area contributed by atoms with E-state index in [1.807, 2.05) is 12.1 Å². The molecule has 0 unspecified atom stereocenters. The number of amides is 1. The van der Waals surface area contributed by atoms with E-state index in [1.165, 1.54) is 5.57 Å². The van der Waals surface area contributed by atoms with E-state index in [-0.39, 0.29) is 16.7 Å². The molecule has 1 heterocycles. The largest absolute Gasteiger partial charge is 0.493 e. The fourth-order valence-corrected chi connectivity index (χ4v) is 5.86. The number of benzene rings is 1.